The van der Waals surface area contributed by atoms with Gasteiger partial charge in [0, 0.05) is 17.9 Å². The van der Waals surface area contributed by atoms with E-state index in [0.717, 1.165) is 30.6 Å². The van der Waals surface area contributed by atoms with Gasteiger partial charge in [0.05, 0.1) is 12.6 Å². The van der Waals surface area contributed by atoms with Gasteiger partial charge < -0.3 is 15.4 Å². The average Bonchev–Trinajstić information content (AvgIpc) is 2.45. The van der Waals surface area contributed by atoms with Crippen molar-refractivity contribution >= 4 is 11.6 Å². The van der Waals surface area contributed by atoms with Gasteiger partial charge in [0.25, 0.3) is 0 Å². The molecule has 0 aliphatic carbocycles. The number of para-hydroxylation sites is 1. The van der Waals surface area contributed by atoms with Gasteiger partial charge in [-0.1, -0.05) is 32.0 Å². The van der Waals surface area contributed by atoms with Crippen LogP contribution in [0.5, 0.6) is 0 Å². The smallest absolute Gasteiger partial charge is 0.242 e. The molecule has 2 rings (SSSR count). The summed E-state index contributed by atoms with van der Waals surface area (Å²) in [5.74, 6) is 0.0450. The van der Waals surface area contributed by atoms with Crippen molar-refractivity contribution in [2.45, 2.75) is 46.3 Å². The summed E-state index contributed by atoms with van der Waals surface area (Å²) in [7, 11) is 0. The highest BCUT2D eigenvalue weighted by atomic mass is 16.5. The predicted molar refractivity (Wildman–Crippen MR) is 85.2 cm³/mol. The van der Waals surface area contributed by atoms with Gasteiger partial charge in [0.15, 0.2) is 0 Å². The lowest BCUT2D eigenvalue weighted by atomic mass is 9.77. The van der Waals surface area contributed by atoms with Crippen LogP contribution in [0.3, 0.4) is 0 Å². The number of nitrogens with one attached hydrogen (secondary N) is 2. The van der Waals surface area contributed by atoms with E-state index in [1.54, 1.807) is 0 Å². The van der Waals surface area contributed by atoms with Crippen molar-refractivity contribution in [2.75, 3.05) is 18.5 Å². The van der Waals surface area contributed by atoms with E-state index >= 15 is 0 Å². The lowest BCUT2D eigenvalue weighted by Gasteiger charge is -2.38. The SMILES string of the molecule is CCOCc1ccccc1NC(=O)C1NCCCC1(C)C. The molecule has 1 fully saturated rings. The predicted octanol–water partition coefficient (Wildman–Crippen LogP) is 2.94. The van der Waals surface area contributed by atoms with Gasteiger partial charge in [-0.15, -0.1) is 0 Å². The third kappa shape index (κ3) is 4.05. The first-order chi connectivity index (χ1) is 10.0. The van der Waals surface area contributed by atoms with E-state index in [1.807, 2.05) is 31.2 Å². The minimum atomic E-state index is -0.147. The summed E-state index contributed by atoms with van der Waals surface area (Å²) < 4.78 is 5.46. The molecule has 1 aliphatic heterocycles. The maximum Gasteiger partial charge on any atom is 0.242 e. The zero-order chi connectivity index (χ0) is 15.3. The Morgan fingerprint density at radius 3 is 2.90 bits per heavy atom. The van der Waals surface area contributed by atoms with Crippen LogP contribution in [0.1, 0.15) is 39.2 Å². The summed E-state index contributed by atoms with van der Waals surface area (Å²) in [5, 5.41) is 6.41. The first kappa shape index (κ1) is 16.0. The Morgan fingerprint density at radius 1 is 1.43 bits per heavy atom. The van der Waals surface area contributed by atoms with Crippen molar-refractivity contribution in [3.63, 3.8) is 0 Å². The molecule has 0 radical (unpaired) electrons. The molecule has 1 atom stereocenters. The van der Waals surface area contributed by atoms with Crippen LogP contribution in [0.2, 0.25) is 0 Å². The second kappa shape index (κ2) is 7.05. The van der Waals surface area contributed by atoms with E-state index in [-0.39, 0.29) is 17.4 Å². The van der Waals surface area contributed by atoms with Crippen LogP contribution >= 0.6 is 0 Å². The van der Waals surface area contributed by atoms with Crippen molar-refractivity contribution in [3.8, 4) is 0 Å². The van der Waals surface area contributed by atoms with Gasteiger partial charge in [-0.3, -0.25) is 4.79 Å². The fourth-order valence-electron chi connectivity index (χ4n) is 2.84. The summed E-state index contributed by atoms with van der Waals surface area (Å²) in [6.07, 6.45) is 2.19. The highest BCUT2D eigenvalue weighted by Gasteiger charge is 2.37. The molecule has 1 aromatic rings. The Hall–Kier alpha value is -1.39. The van der Waals surface area contributed by atoms with Crippen LogP contribution in [0.15, 0.2) is 24.3 Å². The van der Waals surface area contributed by atoms with Crippen LogP contribution < -0.4 is 10.6 Å². The second-order valence-corrected chi connectivity index (χ2v) is 6.26. The molecule has 1 aliphatic rings. The number of hydrogen-bond acceptors (Lipinski definition) is 3. The van der Waals surface area contributed by atoms with Gasteiger partial charge in [-0.05, 0) is 37.8 Å². The molecule has 1 saturated heterocycles. The van der Waals surface area contributed by atoms with E-state index in [9.17, 15) is 4.79 Å². The molecule has 116 valence electrons. The normalized spacial score (nSPS) is 21.0. The van der Waals surface area contributed by atoms with E-state index < -0.39 is 0 Å². The standard InChI is InChI=1S/C17H26N2O2/c1-4-21-12-13-8-5-6-9-14(13)19-16(20)15-17(2,3)10-7-11-18-15/h5-6,8-9,15,18H,4,7,10-12H2,1-3H3,(H,19,20). The molecule has 0 saturated carbocycles. The summed E-state index contributed by atoms with van der Waals surface area (Å²) in [4.78, 5) is 12.6. The molecule has 4 heteroatoms. The number of rotatable bonds is 5. The summed E-state index contributed by atoms with van der Waals surface area (Å²) in [5.41, 5.74) is 1.84. The van der Waals surface area contributed by atoms with E-state index in [0.29, 0.717) is 13.2 Å². The largest absolute Gasteiger partial charge is 0.377 e. The van der Waals surface area contributed by atoms with Crippen molar-refractivity contribution in [3.05, 3.63) is 29.8 Å². The topological polar surface area (TPSA) is 50.4 Å². The molecule has 1 unspecified atom stereocenters. The van der Waals surface area contributed by atoms with Gasteiger partial charge in [-0.25, -0.2) is 0 Å². The van der Waals surface area contributed by atoms with Crippen LogP contribution in [0.25, 0.3) is 0 Å². The lowest BCUT2D eigenvalue weighted by molar-refractivity contribution is -0.121. The number of piperidine rings is 1. The number of anilines is 1. The van der Waals surface area contributed by atoms with E-state index in [2.05, 4.69) is 24.5 Å². The first-order valence-corrected chi connectivity index (χ1v) is 7.74. The molecule has 1 amide bonds. The number of carbonyl (C=O) groups is 1. The third-order valence-electron chi connectivity index (χ3n) is 4.13. The van der Waals surface area contributed by atoms with Crippen molar-refractivity contribution in [2.24, 2.45) is 5.41 Å². The number of carbonyl (C=O) groups excluding carboxylic acids is 1. The lowest BCUT2D eigenvalue weighted by Crippen LogP contribution is -2.53. The summed E-state index contributed by atoms with van der Waals surface area (Å²) in [6, 6.07) is 7.68. The Kier molecular flexibility index (Phi) is 5.37. The van der Waals surface area contributed by atoms with Crippen LogP contribution in [0, 0.1) is 5.41 Å². The van der Waals surface area contributed by atoms with Crippen LogP contribution in [-0.4, -0.2) is 25.1 Å². The van der Waals surface area contributed by atoms with Crippen molar-refractivity contribution in [1.29, 1.82) is 0 Å². The minimum Gasteiger partial charge on any atom is -0.377 e. The number of ether oxygens (including phenoxy) is 1. The fourth-order valence-corrected chi connectivity index (χ4v) is 2.84. The third-order valence-corrected chi connectivity index (χ3v) is 4.13. The Labute approximate surface area is 127 Å². The molecule has 21 heavy (non-hydrogen) atoms. The van der Waals surface area contributed by atoms with Gasteiger partial charge in [0.2, 0.25) is 5.91 Å². The van der Waals surface area contributed by atoms with Crippen molar-refractivity contribution in [1.82, 2.24) is 5.32 Å². The van der Waals surface area contributed by atoms with Gasteiger partial charge >= 0.3 is 0 Å². The van der Waals surface area contributed by atoms with Gasteiger partial charge in [-0.2, -0.15) is 0 Å². The fraction of sp³-hybridized carbons (Fsp3) is 0.588. The minimum absolute atomic E-state index is 0.0167. The van der Waals surface area contributed by atoms with Crippen LogP contribution in [-0.2, 0) is 16.1 Å². The maximum atomic E-state index is 12.6. The first-order valence-electron chi connectivity index (χ1n) is 7.74. The van der Waals surface area contributed by atoms with Crippen molar-refractivity contribution < 1.29 is 9.53 Å². The molecule has 1 aromatic carbocycles. The molecule has 1 heterocycles. The highest BCUT2D eigenvalue weighted by Crippen LogP contribution is 2.31. The molecular weight excluding hydrogens is 264 g/mol. The Bertz CT molecular complexity index is 485. The van der Waals surface area contributed by atoms with E-state index in [1.165, 1.54) is 0 Å². The molecular formula is C17H26N2O2. The number of amides is 1. The number of benzene rings is 1. The monoisotopic (exact) mass is 290 g/mol. The molecule has 0 spiro atoms. The number of hydrogen-bond donors (Lipinski definition) is 2. The molecule has 0 bridgehead atoms. The molecule has 0 aromatic heterocycles. The van der Waals surface area contributed by atoms with Gasteiger partial charge in [0.1, 0.15) is 0 Å². The van der Waals surface area contributed by atoms with Crippen LogP contribution in [0.4, 0.5) is 5.69 Å². The molecule has 4 nitrogen and oxygen atoms in total. The second-order valence-electron chi connectivity index (χ2n) is 6.26. The Morgan fingerprint density at radius 2 is 2.19 bits per heavy atom. The maximum absolute atomic E-state index is 12.6. The highest BCUT2D eigenvalue weighted by molar-refractivity contribution is 5.96. The molecule has 2 N–H and O–H groups in total. The summed E-state index contributed by atoms with van der Waals surface area (Å²) in [6.45, 7) is 8.36. The average molecular weight is 290 g/mol. The zero-order valence-corrected chi connectivity index (χ0v) is 13.2. The quantitative estimate of drug-likeness (QED) is 0.876. The summed E-state index contributed by atoms with van der Waals surface area (Å²) >= 11 is 0. The van der Waals surface area contributed by atoms with E-state index in [4.69, 9.17) is 4.74 Å². The zero-order valence-electron chi connectivity index (χ0n) is 13.2. The Balaban J connectivity index is 2.08.